The molecule has 0 saturated heterocycles. The first-order valence-corrected chi connectivity index (χ1v) is 7.82. The lowest BCUT2D eigenvalue weighted by Crippen LogP contribution is -2.40. The Bertz CT molecular complexity index is 549. The van der Waals surface area contributed by atoms with Gasteiger partial charge in [0, 0.05) is 26.2 Å². The third kappa shape index (κ3) is 4.52. The molecule has 7 heteroatoms. The summed E-state index contributed by atoms with van der Waals surface area (Å²) < 4.78 is 41.1. The van der Waals surface area contributed by atoms with Crippen molar-refractivity contribution in [1.29, 1.82) is 0 Å². The van der Waals surface area contributed by atoms with Crippen molar-refractivity contribution in [3.63, 3.8) is 0 Å². The van der Waals surface area contributed by atoms with Gasteiger partial charge in [0.2, 0.25) is 0 Å². The van der Waals surface area contributed by atoms with Crippen LogP contribution >= 0.6 is 0 Å². The second kappa shape index (κ2) is 7.12. The second-order valence-electron chi connectivity index (χ2n) is 4.75. The van der Waals surface area contributed by atoms with Gasteiger partial charge in [-0.25, -0.2) is 4.39 Å². The molecule has 1 unspecified atom stereocenters. The smallest absolute Gasteiger partial charge is 0.279 e. The van der Waals surface area contributed by atoms with Crippen molar-refractivity contribution in [3.05, 3.63) is 35.1 Å². The third-order valence-corrected chi connectivity index (χ3v) is 4.72. The molecule has 0 aliphatic carbocycles. The van der Waals surface area contributed by atoms with Crippen LogP contribution in [0.15, 0.2) is 18.2 Å². The molecule has 1 aromatic rings. The normalized spacial score (nSPS) is 13.7. The zero-order valence-electron chi connectivity index (χ0n) is 11.9. The second-order valence-corrected chi connectivity index (χ2v) is 6.56. The van der Waals surface area contributed by atoms with Crippen LogP contribution in [0.5, 0.6) is 0 Å². The number of aryl methyl sites for hydroxylation is 1. The van der Waals surface area contributed by atoms with Crippen LogP contribution in [0.4, 0.5) is 4.39 Å². The summed E-state index contributed by atoms with van der Waals surface area (Å²) in [6.07, 6.45) is 0.366. The molecule has 0 heterocycles. The minimum absolute atomic E-state index is 0.0708. The summed E-state index contributed by atoms with van der Waals surface area (Å²) in [4.78, 5) is 0. The van der Waals surface area contributed by atoms with E-state index in [4.69, 9.17) is 5.11 Å². The molecule has 2 N–H and O–H groups in total. The number of rotatable bonds is 7. The highest BCUT2D eigenvalue weighted by Crippen LogP contribution is 2.17. The van der Waals surface area contributed by atoms with Gasteiger partial charge in [0.25, 0.3) is 10.2 Å². The summed E-state index contributed by atoms with van der Waals surface area (Å²) >= 11 is 0. The highest BCUT2D eigenvalue weighted by molar-refractivity contribution is 7.87. The maximum absolute atomic E-state index is 13.5. The molecule has 1 rings (SSSR count). The Labute approximate surface area is 119 Å². The Morgan fingerprint density at radius 3 is 2.65 bits per heavy atom. The Morgan fingerprint density at radius 2 is 2.10 bits per heavy atom. The van der Waals surface area contributed by atoms with Crippen molar-refractivity contribution in [3.8, 4) is 0 Å². The monoisotopic (exact) mass is 304 g/mol. The summed E-state index contributed by atoms with van der Waals surface area (Å²) in [5, 5.41) is 8.71. The molecule has 20 heavy (non-hydrogen) atoms. The maximum Gasteiger partial charge on any atom is 0.279 e. The number of aliphatic hydroxyl groups is 1. The number of hydrogen-bond acceptors (Lipinski definition) is 3. The Morgan fingerprint density at radius 1 is 1.45 bits per heavy atom. The molecule has 0 amide bonds. The first-order chi connectivity index (χ1) is 9.27. The van der Waals surface area contributed by atoms with Crippen LogP contribution in [0.25, 0.3) is 0 Å². The van der Waals surface area contributed by atoms with E-state index in [1.807, 2.05) is 0 Å². The molecule has 1 aromatic carbocycles. The third-order valence-electron chi connectivity index (χ3n) is 3.06. The average Bonchev–Trinajstić information content (AvgIpc) is 2.38. The number of halogens is 1. The fraction of sp³-hybridized carbons (Fsp3) is 0.538. The maximum atomic E-state index is 13.5. The van der Waals surface area contributed by atoms with Crippen molar-refractivity contribution >= 4 is 10.2 Å². The summed E-state index contributed by atoms with van der Waals surface area (Å²) in [5.74, 6) is -0.359. The molecule has 0 radical (unpaired) electrons. The van der Waals surface area contributed by atoms with E-state index in [2.05, 4.69) is 4.72 Å². The SMILES string of the molecule is Cc1ccc(C(C)NS(=O)(=O)N(C)CCCO)cc1F. The van der Waals surface area contributed by atoms with E-state index in [0.717, 1.165) is 4.31 Å². The van der Waals surface area contributed by atoms with Gasteiger partial charge in [-0.1, -0.05) is 12.1 Å². The largest absolute Gasteiger partial charge is 0.396 e. The first-order valence-electron chi connectivity index (χ1n) is 6.38. The fourth-order valence-electron chi connectivity index (χ4n) is 1.67. The molecule has 114 valence electrons. The van der Waals surface area contributed by atoms with Crippen LogP contribution in [0.2, 0.25) is 0 Å². The minimum Gasteiger partial charge on any atom is -0.396 e. The van der Waals surface area contributed by atoms with Crippen LogP contribution in [0.1, 0.15) is 30.5 Å². The van der Waals surface area contributed by atoms with Crippen LogP contribution in [0.3, 0.4) is 0 Å². The zero-order chi connectivity index (χ0) is 15.3. The average molecular weight is 304 g/mol. The van der Waals surface area contributed by atoms with Crippen molar-refractivity contribution in [1.82, 2.24) is 9.03 Å². The van der Waals surface area contributed by atoms with E-state index in [1.165, 1.54) is 13.1 Å². The van der Waals surface area contributed by atoms with Crippen LogP contribution in [-0.4, -0.2) is 38.0 Å². The van der Waals surface area contributed by atoms with Crippen molar-refractivity contribution in [2.75, 3.05) is 20.2 Å². The summed E-state index contributed by atoms with van der Waals surface area (Å²) in [5.41, 5.74) is 1.08. The predicted molar refractivity (Wildman–Crippen MR) is 75.9 cm³/mol. The van der Waals surface area contributed by atoms with Crippen molar-refractivity contribution in [2.24, 2.45) is 0 Å². The minimum atomic E-state index is -3.65. The molecule has 0 aromatic heterocycles. The standard InChI is InChI=1S/C13H21FN2O3S/c1-10-5-6-12(9-13(10)14)11(2)15-20(18,19)16(3)7-4-8-17/h5-6,9,11,15,17H,4,7-8H2,1-3H3. The summed E-state index contributed by atoms with van der Waals surface area (Å²) in [6.45, 7) is 3.46. The molecule has 0 aliphatic heterocycles. The van der Waals surface area contributed by atoms with E-state index >= 15 is 0 Å². The molecular formula is C13H21FN2O3S. The van der Waals surface area contributed by atoms with E-state index in [1.54, 1.807) is 26.0 Å². The molecule has 5 nitrogen and oxygen atoms in total. The molecule has 0 aliphatic rings. The predicted octanol–water partition coefficient (Wildman–Crippen LogP) is 1.34. The highest BCUT2D eigenvalue weighted by Gasteiger charge is 2.20. The molecule has 0 bridgehead atoms. The van der Waals surface area contributed by atoms with E-state index in [0.29, 0.717) is 17.5 Å². The van der Waals surface area contributed by atoms with Gasteiger partial charge in [0.15, 0.2) is 0 Å². The summed E-state index contributed by atoms with van der Waals surface area (Å²) in [7, 11) is -2.22. The molecule has 0 spiro atoms. The van der Waals surface area contributed by atoms with E-state index < -0.39 is 16.3 Å². The topological polar surface area (TPSA) is 69.6 Å². The van der Waals surface area contributed by atoms with Gasteiger partial charge in [-0.05, 0) is 37.5 Å². The van der Waals surface area contributed by atoms with Gasteiger partial charge in [0.1, 0.15) is 5.82 Å². The number of nitrogens with zero attached hydrogens (tertiary/aromatic N) is 1. The van der Waals surface area contributed by atoms with Crippen LogP contribution in [-0.2, 0) is 10.2 Å². The number of nitrogens with one attached hydrogen (secondary N) is 1. The van der Waals surface area contributed by atoms with Gasteiger partial charge < -0.3 is 5.11 Å². The van der Waals surface area contributed by atoms with E-state index in [-0.39, 0.29) is 19.0 Å². The van der Waals surface area contributed by atoms with Crippen LogP contribution in [0, 0.1) is 12.7 Å². The molecule has 0 fully saturated rings. The van der Waals surface area contributed by atoms with Gasteiger partial charge in [0.05, 0.1) is 0 Å². The number of benzene rings is 1. The van der Waals surface area contributed by atoms with E-state index in [9.17, 15) is 12.8 Å². The lowest BCUT2D eigenvalue weighted by atomic mass is 10.1. The molecule has 1 atom stereocenters. The van der Waals surface area contributed by atoms with Crippen molar-refractivity contribution in [2.45, 2.75) is 26.3 Å². The lowest BCUT2D eigenvalue weighted by molar-refractivity contribution is 0.275. The molecule has 0 saturated carbocycles. The molecular weight excluding hydrogens is 283 g/mol. The Balaban J connectivity index is 2.78. The van der Waals surface area contributed by atoms with Crippen molar-refractivity contribution < 1.29 is 17.9 Å². The van der Waals surface area contributed by atoms with Gasteiger partial charge in [-0.15, -0.1) is 0 Å². The Hall–Kier alpha value is -1.02. The number of aliphatic hydroxyl groups excluding tert-OH is 1. The summed E-state index contributed by atoms with van der Waals surface area (Å²) in [6, 6.07) is 4.10. The highest BCUT2D eigenvalue weighted by atomic mass is 32.2. The van der Waals surface area contributed by atoms with Gasteiger partial charge >= 0.3 is 0 Å². The number of hydrogen-bond donors (Lipinski definition) is 2. The zero-order valence-corrected chi connectivity index (χ0v) is 12.7. The quantitative estimate of drug-likeness (QED) is 0.799. The van der Waals surface area contributed by atoms with Crippen LogP contribution < -0.4 is 4.72 Å². The Kier molecular flexibility index (Phi) is 6.07. The van der Waals surface area contributed by atoms with Gasteiger partial charge in [-0.3, -0.25) is 0 Å². The van der Waals surface area contributed by atoms with Gasteiger partial charge in [-0.2, -0.15) is 17.4 Å². The lowest BCUT2D eigenvalue weighted by Gasteiger charge is -2.21. The fourth-order valence-corrected chi connectivity index (χ4v) is 2.81. The first kappa shape index (κ1) is 17.0.